The van der Waals surface area contributed by atoms with Gasteiger partial charge in [0.25, 0.3) is 0 Å². The molecule has 3 fully saturated rings. The highest BCUT2D eigenvalue weighted by molar-refractivity contribution is 4.97. The van der Waals surface area contributed by atoms with Crippen molar-refractivity contribution >= 4 is 0 Å². The van der Waals surface area contributed by atoms with Gasteiger partial charge in [-0.15, -0.1) is 0 Å². The molecule has 0 amide bonds. The minimum Gasteiger partial charge on any atom is -0.320 e. The van der Waals surface area contributed by atoms with Crippen LogP contribution in [0.2, 0.25) is 0 Å². The van der Waals surface area contributed by atoms with Gasteiger partial charge in [0.2, 0.25) is 0 Å². The Bertz CT molecular complexity index is 270. The van der Waals surface area contributed by atoms with Gasteiger partial charge >= 0.3 is 12.0 Å². The first kappa shape index (κ1) is 10.9. The lowest BCUT2D eigenvalue weighted by molar-refractivity contribution is -0.471. The number of nitrogens with zero attached hydrogens (tertiary/aromatic N) is 1. The second-order valence-electron chi connectivity index (χ2n) is 5.10. The van der Waals surface area contributed by atoms with Crippen molar-refractivity contribution in [1.82, 2.24) is 0 Å². The van der Waals surface area contributed by atoms with Crippen molar-refractivity contribution in [3.05, 3.63) is 11.4 Å². The van der Waals surface area contributed by atoms with Gasteiger partial charge in [0.15, 0.2) is 0 Å². The Balaban J connectivity index is 2.19. The van der Waals surface area contributed by atoms with E-state index in [4.69, 9.17) is 20.8 Å². The van der Waals surface area contributed by atoms with Crippen molar-refractivity contribution in [3.63, 3.8) is 0 Å². The van der Waals surface area contributed by atoms with E-state index in [1.807, 2.05) is 13.8 Å². The first-order chi connectivity index (χ1) is 7.01. The van der Waals surface area contributed by atoms with E-state index in [0.29, 0.717) is 19.8 Å². The molecule has 15 heavy (non-hydrogen) atoms. The summed E-state index contributed by atoms with van der Waals surface area (Å²) in [5, 5.41) is 0. The van der Waals surface area contributed by atoms with Crippen LogP contribution in [0.25, 0.3) is 4.85 Å². The van der Waals surface area contributed by atoms with E-state index in [1.54, 1.807) is 0 Å². The Morgan fingerprint density at radius 3 is 1.93 bits per heavy atom. The Morgan fingerprint density at radius 1 is 1.13 bits per heavy atom. The van der Waals surface area contributed by atoms with Crippen LogP contribution in [0.3, 0.4) is 0 Å². The summed E-state index contributed by atoms with van der Waals surface area (Å²) in [4.78, 5) is 3.58. The maximum absolute atomic E-state index is 7.21. The summed E-state index contributed by atoms with van der Waals surface area (Å²) < 4.78 is 16.9. The number of hydrogen-bond donors (Lipinski definition) is 0. The highest BCUT2D eigenvalue weighted by atomic mass is 16.9. The lowest BCUT2D eigenvalue weighted by atomic mass is 9.90. The molecule has 4 heteroatoms. The minimum atomic E-state index is -1.10. The highest BCUT2D eigenvalue weighted by Gasteiger charge is 2.59. The summed E-state index contributed by atoms with van der Waals surface area (Å²) in [5.74, 6) is -0.946. The van der Waals surface area contributed by atoms with E-state index >= 15 is 0 Å². The summed E-state index contributed by atoms with van der Waals surface area (Å²) in [7, 11) is 0. The average molecular weight is 211 g/mol. The SMILES string of the molecule is [C-]#[N+][C@@H](C(C)C)C12OCC(C)(CO1)CO2. The fraction of sp³-hybridized carbons (Fsp3) is 0.909. The van der Waals surface area contributed by atoms with Crippen LogP contribution in [-0.4, -0.2) is 31.8 Å². The second kappa shape index (κ2) is 3.44. The van der Waals surface area contributed by atoms with Gasteiger partial charge in [0.1, 0.15) is 0 Å². The topological polar surface area (TPSA) is 32.0 Å². The van der Waals surface area contributed by atoms with Gasteiger partial charge in [-0.2, -0.15) is 0 Å². The van der Waals surface area contributed by atoms with Gasteiger partial charge in [-0.1, -0.05) is 20.8 Å². The third-order valence-electron chi connectivity index (χ3n) is 3.00. The van der Waals surface area contributed by atoms with Crippen LogP contribution in [-0.2, 0) is 14.2 Å². The average Bonchev–Trinajstić information content (AvgIpc) is 2.20. The van der Waals surface area contributed by atoms with E-state index < -0.39 is 5.97 Å². The van der Waals surface area contributed by atoms with Gasteiger partial charge in [0, 0.05) is 11.3 Å². The maximum Gasteiger partial charge on any atom is 0.363 e. The fourth-order valence-corrected chi connectivity index (χ4v) is 1.97. The van der Waals surface area contributed by atoms with E-state index in [2.05, 4.69) is 11.8 Å². The fourth-order valence-electron chi connectivity index (χ4n) is 1.97. The molecule has 0 aromatic rings. The summed E-state index contributed by atoms with van der Waals surface area (Å²) in [5.41, 5.74) is -0.0364. The Labute approximate surface area is 90.3 Å². The van der Waals surface area contributed by atoms with Crippen LogP contribution < -0.4 is 0 Å². The number of ether oxygens (including phenoxy) is 3. The molecule has 3 aliphatic heterocycles. The molecule has 0 aliphatic carbocycles. The Morgan fingerprint density at radius 2 is 1.60 bits per heavy atom. The van der Waals surface area contributed by atoms with Crippen LogP contribution in [0, 0.1) is 17.9 Å². The largest absolute Gasteiger partial charge is 0.363 e. The smallest absolute Gasteiger partial charge is 0.320 e. The zero-order valence-electron chi connectivity index (χ0n) is 9.45. The van der Waals surface area contributed by atoms with Crippen LogP contribution in [0.4, 0.5) is 0 Å². The van der Waals surface area contributed by atoms with Crippen LogP contribution >= 0.6 is 0 Å². The normalized spacial score (nSPS) is 41.5. The molecule has 3 rings (SSSR count). The molecule has 84 valence electrons. The molecule has 3 heterocycles. The van der Waals surface area contributed by atoms with Crippen molar-refractivity contribution in [3.8, 4) is 0 Å². The molecule has 0 aromatic heterocycles. The molecular formula is C11H17NO3. The van der Waals surface area contributed by atoms with Gasteiger partial charge in [-0.3, -0.25) is 0 Å². The van der Waals surface area contributed by atoms with Crippen molar-refractivity contribution < 1.29 is 14.2 Å². The van der Waals surface area contributed by atoms with Crippen LogP contribution in [0.1, 0.15) is 20.8 Å². The lowest BCUT2D eigenvalue weighted by Crippen LogP contribution is -2.64. The zero-order valence-corrected chi connectivity index (χ0v) is 9.45. The standard InChI is InChI=1S/C11H17NO3/c1-8(2)9(12-4)11-13-5-10(3,6-14-11)7-15-11/h8-9H,5-7H2,1-3H3/t9-,10?,11?/m0/s1. The van der Waals surface area contributed by atoms with Crippen molar-refractivity contribution in [1.29, 1.82) is 0 Å². The van der Waals surface area contributed by atoms with Gasteiger partial charge in [-0.25, -0.2) is 6.57 Å². The molecule has 0 saturated carbocycles. The molecule has 0 N–H and O–H groups in total. The highest BCUT2D eigenvalue weighted by Crippen LogP contribution is 2.42. The second-order valence-corrected chi connectivity index (χ2v) is 5.10. The third-order valence-corrected chi connectivity index (χ3v) is 3.00. The summed E-state index contributed by atoms with van der Waals surface area (Å²) in [6, 6.07) is -0.387. The molecule has 0 spiro atoms. The molecular weight excluding hydrogens is 194 g/mol. The van der Waals surface area contributed by atoms with Crippen LogP contribution in [0.15, 0.2) is 0 Å². The quantitative estimate of drug-likeness (QED) is 0.651. The molecule has 3 saturated heterocycles. The predicted molar refractivity (Wildman–Crippen MR) is 53.9 cm³/mol. The Kier molecular flexibility index (Phi) is 2.50. The monoisotopic (exact) mass is 211 g/mol. The maximum atomic E-state index is 7.21. The van der Waals surface area contributed by atoms with E-state index in [-0.39, 0.29) is 17.4 Å². The van der Waals surface area contributed by atoms with Gasteiger partial charge in [-0.05, 0) is 0 Å². The van der Waals surface area contributed by atoms with Crippen molar-refractivity contribution in [2.24, 2.45) is 11.3 Å². The number of hydrogen-bond acceptors (Lipinski definition) is 3. The summed E-state index contributed by atoms with van der Waals surface area (Å²) >= 11 is 0. The van der Waals surface area contributed by atoms with Crippen LogP contribution in [0.5, 0.6) is 0 Å². The zero-order chi connectivity index (χ0) is 11.1. The molecule has 3 aliphatic rings. The first-order valence-corrected chi connectivity index (χ1v) is 5.30. The molecule has 0 radical (unpaired) electrons. The number of rotatable bonds is 2. The molecule has 0 unspecified atom stereocenters. The summed E-state index contributed by atoms with van der Waals surface area (Å²) in [6.45, 7) is 15.1. The molecule has 1 atom stereocenters. The van der Waals surface area contributed by atoms with E-state index in [1.165, 1.54) is 0 Å². The first-order valence-electron chi connectivity index (χ1n) is 5.30. The van der Waals surface area contributed by atoms with E-state index in [9.17, 15) is 0 Å². The number of fused-ring (bicyclic) bond motifs is 3. The third kappa shape index (κ3) is 1.65. The molecule has 0 aromatic carbocycles. The van der Waals surface area contributed by atoms with Gasteiger partial charge < -0.3 is 19.1 Å². The van der Waals surface area contributed by atoms with E-state index in [0.717, 1.165) is 0 Å². The lowest BCUT2D eigenvalue weighted by Gasteiger charge is -2.50. The van der Waals surface area contributed by atoms with Gasteiger partial charge in [0.05, 0.1) is 19.8 Å². The molecule has 2 bridgehead atoms. The Hall–Kier alpha value is -0.630. The summed E-state index contributed by atoms with van der Waals surface area (Å²) in [6.07, 6.45) is 0. The molecule has 4 nitrogen and oxygen atoms in total. The minimum absolute atomic E-state index is 0.0364. The van der Waals surface area contributed by atoms with Crippen molar-refractivity contribution in [2.45, 2.75) is 32.8 Å². The predicted octanol–water partition coefficient (Wildman–Crippen LogP) is 1.67. The van der Waals surface area contributed by atoms with Crippen molar-refractivity contribution in [2.75, 3.05) is 19.8 Å².